The monoisotopic (exact) mass is 451 g/mol. The SMILES string of the molecule is CC1(C)CC2CC(CCC(C)(Cc3cccc(C4CCNCC4)c3)C3CCNCC3)(CN2)C1. The van der Waals surface area contributed by atoms with Crippen LogP contribution in [0.5, 0.6) is 0 Å². The second kappa shape index (κ2) is 9.63. The minimum atomic E-state index is 0.406. The summed E-state index contributed by atoms with van der Waals surface area (Å²) < 4.78 is 0. The van der Waals surface area contributed by atoms with Crippen LogP contribution in [0.15, 0.2) is 24.3 Å². The van der Waals surface area contributed by atoms with Crippen molar-refractivity contribution < 1.29 is 0 Å². The van der Waals surface area contributed by atoms with Crippen LogP contribution < -0.4 is 16.0 Å². The fourth-order valence-corrected chi connectivity index (χ4v) is 8.43. The molecule has 2 bridgehead atoms. The number of fused-ring (bicyclic) bond motifs is 2. The predicted molar refractivity (Wildman–Crippen MR) is 140 cm³/mol. The van der Waals surface area contributed by atoms with Crippen molar-refractivity contribution in [2.24, 2.45) is 22.2 Å². The van der Waals surface area contributed by atoms with E-state index in [1.54, 1.807) is 11.1 Å². The maximum atomic E-state index is 3.91. The Bertz CT molecular complexity index is 791. The van der Waals surface area contributed by atoms with E-state index in [0.717, 1.165) is 17.9 Å². The van der Waals surface area contributed by atoms with Gasteiger partial charge in [-0.3, -0.25) is 0 Å². The highest BCUT2D eigenvalue weighted by Crippen LogP contribution is 2.54. The fourth-order valence-electron chi connectivity index (χ4n) is 8.43. The average Bonchev–Trinajstić information content (AvgIpc) is 3.14. The molecule has 0 aromatic heterocycles. The largest absolute Gasteiger partial charge is 0.317 e. The highest BCUT2D eigenvalue weighted by molar-refractivity contribution is 5.28. The van der Waals surface area contributed by atoms with Gasteiger partial charge in [-0.05, 0) is 130 Å². The lowest BCUT2D eigenvalue weighted by Crippen LogP contribution is -2.41. The Morgan fingerprint density at radius 3 is 2.45 bits per heavy atom. The Kier molecular flexibility index (Phi) is 6.95. The molecule has 1 saturated carbocycles. The number of hydrogen-bond donors (Lipinski definition) is 3. The normalized spacial score (nSPS) is 32.5. The third-order valence-electron chi connectivity index (χ3n) is 10.0. The zero-order valence-corrected chi connectivity index (χ0v) is 21.6. The number of piperidine rings is 2. The molecule has 5 rings (SSSR count). The second-order valence-electron chi connectivity index (χ2n) is 13.5. The van der Waals surface area contributed by atoms with Crippen molar-refractivity contribution in [2.75, 3.05) is 32.7 Å². The summed E-state index contributed by atoms with van der Waals surface area (Å²) in [7, 11) is 0. The molecule has 0 amide bonds. The van der Waals surface area contributed by atoms with Gasteiger partial charge in [-0.25, -0.2) is 0 Å². The lowest BCUT2D eigenvalue weighted by atomic mass is 9.59. The van der Waals surface area contributed by atoms with E-state index in [1.165, 1.54) is 96.9 Å². The molecule has 1 aromatic carbocycles. The third-order valence-corrected chi connectivity index (χ3v) is 10.0. The molecule has 0 radical (unpaired) electrons. The molecule has 3 nitrogen and oxygen atoms in total. The molecule has 3 unspecified atom stereocenters. The number of nitrogens with one attached hydrogen (secondary N) is 3. The second-order valence-corrected chi connectivity index (χ2v) is 13.5. The smallest absolute Gasteiger partial charge is 0.00781 e. The summed E-state index contributed by atoms with van der Waals surface area (Å²) in [5.74, 6) is 1.60. The molecule has 1 aromatic rings. The molecule has 4 fully saturated rings. The van der Waals surface area contributed by atoms with Gasteiger partial charge in [0.05, 0.1) is 0 Å². The Morgan fingerprint density at radius 1 is 0.970 bits per heavy atom. The first-order valence-electron chi connectivity index (χ1n) is 14.1. The Labute approximate surface area is 203 Å². The van der Waals surface area contributed by atoms with Crippen LogP contribution in [-0.2, 0) is 6.42 Å². The minimum Gasteiger partial charge on any atom is -0.317 e. The maximum absolute atomic E-state index is 3.91. The minimum absolute atomic E-state index is 0.406. The number of benzene rings is 1. The van der Waals surface area contributed by atoms with Crippen molar-refractivity contribution in [1.29, 1.82) is 0 Å². The quantitative estimate of drug-likeness (QED) is 0.501. The summed E-state index contributed by atoms with van der Waals surface area (Å²) in [5, 5.41) is 11.1. The van der Waals surface area contributed by atoms with Crippen LogP contribution in [-0.4, -0.2) is 38.8 Å². The maximum Gasteiger partial charge on any atom is 0.00781 e. The van der Waals surface area contributed by atoms with E-state index in [9.17, 15) is 0 Å². The third kappa shape index (κ3) is 5.52. The van der Waals surface area contributed by atoms with Crippen LogP contribution in [0, 0.1) is 22.2 Å². The summed E-state index contributed by atoms with van der Waals surface area (Å²) in [5.41, 5.74) is 4.63. The van der Waals surface area contributed by atoms with E-state index in [-0.39, 0.29) is 0 Å². The zero-order chi connectivity index (χ0) is 22.9. The zero-order valence-electron chi connectivity index (χ0n) is 21.6. The first-order chi connectivity index (χ1) is 15.8. The van der Waals surface area contributed by atoms with Crippen molar-refractivity contribution in [3.8, 4) is 0 Å². The fraction of sp³-hybridized carbons (Fsp3) is 0.800. The summed E-state index contributed by atoms with van der Waals surface area (Å²) in [6.07, 6.45) is 13.5. The van der Waals surface area contributed by atoms with Gasteiger partial charge in [-0.15, -0.1) is 0 Å². The van der Waals surface area contributed by atoms with E-state index in [4.69, 9.17) is 0 Å². The van der Waals surface area contributed by atoms with Crippen molar-refractivity contribution in [3.05, 3.63) is 35.4 Å². The van der Waals surface area contributed by atoms with Gasteiger partial charge in [0.2, 0.25) is 0 Å². The molecule has 1 aliphatic carbocycles. The van der Waals surface area contributed by atoms with Crippen LogP contribution >= 0.6 is 0 Å². The van der Waals surface area contributed by atoms with Gasteiger partial charge in [0.1, 0.15) is 0 Å². The van der Waals surface area contributed by atoms with Gasteiger partial charge in [-0.2, -0.15) is 0 Å². The Morgan fingerprint density at radius 2 is 1.70 bits per heavy atom. The molecule has 3 saturated heterocycles. The molecular formula is C30H49N3. The highest BCUT2D eigenvalue weighted by atomic mass is 15.0. The predicted octanol–water partition coefficient (Wildman–Crippen LogP) is 5.65. The molecule has 33 heavy (non-hydrogen) atoms. The summed E-state index contributed by atoms with van der Waals surface area (Å²) in [6.45, 7) is 13.7. The standard InChI is InChI=1S/C30H49N3/c1-28(2)19-27-20-30(21-28,22-33-27)12-11-29(3,26-9-15-32-16-10-26)18-23-5-4-6-25(17-23)24-7-13-31-14-8-24/h4-6,17,24,26-27,31-33H,7-16,18-22H2,1-3H3. The molecule has 4 aliphatic rings. The van der Waals surface area contributed by atoms with Crippen molar-refractivity contribution in [3.63, 3.8) is 0 Å². The summed E-state index contributed by atoms with van der Waals surface area (Å²) in [4.78, 5) is 0. The number of rotatable bonds is 7. The van der Waals surface area contributed by atoms with E-state index >= 15 is 0 Å². The van der Waals surface area contributed by atoms with Crippen LogP contribution in [0.25, 0.3) is 0 Å². The first kappa shape index (κ1) is 23.8. The number of hydrogen-bond acceptors (Lipinski definition) is 3. The van der Waals surface area contributed by atoms with Crippen LogP contribution in [0.1, 0.15) is 95.6 Å². The Balaban J connectivity index is 1.33. The van der Waals surface area contributed by atoms with E-state index in [2.05, 4.69) is 61.0 Å². The molecule has 3 aliphatic heterocycles. The van der Waals surface area contributed by atoms with Crippen LogP contribution in [0.3, 0.4) is 0 Å². The van der Waals surface area contributed by atoms with Crippen LogP contribution in [0.2, 0.25) is 0 Å². The Hall–Kier alpha value is -0.900. The average molecular weight is 452 g/mol. The van der Waals surface area contributed by atoms with Gasteiger partial charge in [-0.1, -0.05) is 45.0 Å². The van der Waals surface area contributed by atoms with E-state index in [1.807, 2.05) is 0 Å². The topological polar surface area (TPSA) is 36.1 Å². The summed E-state index contributed by atoms with van der Waals surface area (Å²) in [6, 6.07) is 10.5. The summed E-state index contributed by atoms with van der Waals surface area (Å²) >= 11 is 0. The molecule has 3 atom stereocenters. The van der Waals surface area contributed by atoms with Crippen LogP contribution in [0.4, 0.5) is 0 Å². The lowest BCUT2D eigenvalue weighted by Gasteiger charge is -2.46. The van der Waals surface area contributed by atoms with Gasteiger partial charge in [0.25, 0.3) is 0 Å². The van der Waals surface area contributed by atoms with Crippen molar-refractivity contribution >= 4 is 0 Å². The molecular weight excluding hydrogens is 402 g/mol. The molecule has 0 spiro atoms. The molecule has 3 heteroatoms. The van der Waals surface area contributed by atoms with Gasteiger partial charge >= 0.3 is 0 Å². The van der Waals surface area contributed by atoms with E-state index in [0.29, 0.717) is 16.2 Å². The van der Waals surface area contributed by atoms with Crippen molar-refractivity contribution in [1.82, 2.24) is 16.0 Å². The van der Waals surface area contributed by atoms with E-state index < -0.39 is 0 Å². The van der Waals surface area contributed by atoms with Crippen molar-refractivity contribution in [2.45, 2.75) is 96.9 Å². The van der Waals surface area contributed by atoms with Gasteiger partial charge in [0.15, 0.2) is 0 Å². The molecule has 3 N–H and O–H groups in total. The first-order valence-corrected chi connectivity index (χ1v) is 14.1. The highest BCUT2D eigenvalue weighted by Gasteiger charge is 2.49. The molecule has 3 heterocycles. The lowest BCUT2D eigenvalue weighted by molar-refractivity contribution is 0.0671. The van der Waals surface area contributed by atoms with Gasteiger partial charge in [0, 0.05) is 12.6 Å². The van der Waals surface area contributed by atoms with Gasteiger partial charge < -0.3 is 16.0 Å². The molecule has 184 valence electrons.